The van der Waals surface area contributed by atoms with Gasteiger partial charge in [0.05, 0.1) is 16.8 Å². The number of aryl methyl sites for hydroxylation is 2. The van der Waals surface area contributed by atoms with Gasteiger partial charge in [-0.25, -0.2) is 0 Å². The molecule has 4 aromatic carbocycles. The number of nitrogen functional groups attached to an aromatic ring is 2. The van der Waals surface area contributed by atoms with E-state index in [0.717, 1.165) is 71.9 Å². The van der Waals surface area contributed by atoms with E-state index in [0.29, 0.717) is 23.2 Å². The van der Waals surface area contributed by atoms with E-state index < -0.39 is 5.41 Å². The van der Waals surface area contributed by atoms with Crippen molar-refractivity contribution in [3.63, 3.8) is 0 Å². The molecule has 1 aliphatic rings. The fourth-order valence-electron chi connectivity index (χ4n) is 6.68. The van der Waals surface area contributed by atoms with E-state index in [2.05, 4.69) is 88.4 Å². The van der Waals surface area contributed by atoms with Crippen LogP contribution in [0.25, 0.3) is 11.1 Å². The topological polar surface area (TPSA) is 92.5 Å². The van der Waals surface area contributed by atoms with Crippen molar-refractivity contribution in [3.8, 4) is 22.6 Å². The lowest BCUT2D eigenvalue weighted by Crippen LogP contribution is -2.29. The minimum atomic E-state index is -0.712. The number of aromatic hydroxyl groups is 2. The van der Waals surface area contributed by atoms with Crippen LogP contribution < -0.4 is 11.5 Å². The van der Waals surface area contributed by atoms with Crippen LogP contribution in [0.5, 0.6) is 11.5 Å². The van der Waals surface area contributed by atoms with Gasteiger partial charge < -0.3 is 21.7 Å². The highest BCUT2D eigenvalue weighted by Crippen LogP contribution is 2.57. The predicted molar refractivity (Wildman–Crippen MR) is 171 cm³/mol. The molecule has 41 heavy (non-hydrogen) atoms. The molecule has 4 aromatic rings. The smallest absolute Gasteiger partial charge is 0.141 e. The van der Waals surface area contributed by atoms with Crippen molar-refractivity contribution in [2.24, 2.45) is 11.8 Å². The highest BCUT2D eigenvalue weighted by molar-refractivity contribution is 5.87. The molecule has 5 rings (SSSR count). The standard InChI is InChI=1S/C37H44N2O2/c1-23(2)11-9-13-25-19-27(21-33(38)35(25)40)37(28-20-26(14-10-12-24(3)4)36(41)34(39)22-28)31-17-7-5-15-29(31)30-16-6-8-18-32(30)37/h5-8,15-24,40-41H,9-14,38-39H2,1-4H3. The Bertz CT molecular complexity index is 1440. The molecule has 0 aliphatic heterocycles. The fraction of sp³-hybridized carbons (Fsp3) is 0.351. The molecule has 0 saturated carbocycles. The van der Waals surface area contributed by atoms with Gasteiger partial charge in [-0.15, -0.1) is 0 Å². The van der Waals surface area contributed by atoms with Crippen LogP contribution in [0.2, 0.25) is 0 Å². The highest BCUT2D eigenvalue weighted by atomic mass is 16.3. The van der Waals surface area contributed by atoms with E-state index in [-0.39, 0.29) is 11.5 Å². The second-order valence-corrected chi connectivity index (χ2v) is 12.6. The molecule has 0 radical (unpaired) electrons. The van der Waals surface area contributed by atoms with Gasteiger partial charge in [-0.2, -0.15) is 0 Å². The predicted octanol–water partition coefficient (Wildman–Crippen LogP) is 8.58. The van der Waals surface area contributed by atoms with Gasteiger partial charge in [0.15, 0.2) is 0 Å². The molecule has 6 N–H and O–H groups in total. The maximum Gasteiger partial charge on any atom is 0.141 e. The van der Waals surface area contributed by atoms with Gasteiger partial charge >= 0.3 is 0 Å². The maximum absolute atomic E-state index is 11.1. The number of rotatable bonds is 10. The molecule has 0 saturated heterocycles. The Morgan fingerprint density at radius 1 is 0.610 bits per heavy atom. The van der Waals surface area contributed by atoms with Crippen molar-refractivity contribution in [3.05, 3.63) is 106 Å². The van der Waals surface area contributed by atoms with Crippen molar-refractivity contribution in [2.45, 2.75) is 71.6 Å². The Labute approximate surface area is 245 Å². The third-order valence-corrected chi connectivity index (χ3v) is 8.71. The van der Waals surface area contributed by atoms with Gasteiger partial charge in [0.2, 0.25) is 0 Å². The summed E-state index contributed by atoms with van der Waals surface area (Å²) in [5.41, 5.74) is 21.6. The Kier molecular flexibility index (Phi) is 8.04. The number of fused-ring (bicyclic) bond motifs is 3. The second-order valence-electron chi connectivity index (χ2n) is 12.6. The average Bonchev–Trinajstić information content (AvgIpc) is 3.24. The van der Waals surface area contributed by atoms with Crippen molar-refractivity contribution < 1.29 is 10.2 Å². The second kappa shape index (κ2) is 11.5. The molecule has 0 bridgehead atoms. The van der Waals surface area contributed by atoms with E-state index in [1.807, 2.05) is 12.1 Å². The van der Waals surface area contributed by atoms with E-state index in [9.17, 15) is 10.2 Å². The fourth-order valence-corrected chi connectivity index (χ4v) is 6.68. The summed E-state index contributed by atoms with van der Waals surface area (Å²) in [4.78, 5) is 0. The van der Waals surface area contributed by atoms with Gasteiger partial charge in [-0.1, -0.05) is 101 Å². The van der Waals surface area contributed by atoms with Crippen LogP contribution in [0.15, 0.2) is 72.8 Å². The molecule has 4 heteroatoms. The van der Waals surface area contributed by atoms with Crippen molar-refractivity contribution >= 4 is 11.4 Å². The number of benzene rings is 4. The van der Waals surface area contributed by atoms with Crippen molar-refractivity contribution in [1.29, 1.82) is 0 Å². The summed E-state index contributed by atoms with van der Waals surface area (Å²) in [6.07, 6.45) is 5.60. The minimum Gasteiger partial charge on any atom is -0.506 e. The normalized spacial score (nSPS) is 13.5. The van der Waals surface area contributed by atoms with Crippen molar-refractivity contribution in [2.75, 3.05) is 11.5 Å². The van der Waals surface area contributed by atoms with Crippen LogP contribution in [0.1, 0.15) is 86.8 Å². The van der Waals surface area contributed by atoms with E-state index in [4.69, 9.17) is 11.5 Å². The molecule has 0 amide bonds. The zero-order valence-corrected chi connectivity index (χ0v) is 24.9. The zero-order valence-electron chi connectivity index (χ0n) is 24.9. The SMILES string of the molecule is CC(C)CCCc1cc(C2(c3cc(N)c(O)c(CCCC(C)C)c3)c3ccccc3-c3ccccc32)cc(N)c1O. The summed E-state index contributed by atoms with van der Waals surface area (Å²) in [6, 6.07) is 25.2. The third-order valence-electron chi connectivity index (χ3n) is 8.71. The maximum atomic E-state index is 11.1. The highest BCUT2D eigenvalue weighted by Gasteiger charge is 2.46. The van der Waals surface area contributed by atoms with E-state index >= 15 is 0 Å². The largest absolute Gasteiger partial charge is 0.506 e. The molecule has 0 heterocycles. The number of hydrogen-bond donors (Lipinski definition) is 4. The molecule has 0 aromatic heterocycles. The lowest BCUT2D eigenvalue weighted by Gasteiger charge is -2.35. The summed E-state index contributed by atoms with van der Waals surface area (Å²) < 4.78 is 0. The molecule has 0 fully saturated rings. The lowest BCUT2D eigenvalue weighted by atomic mass is 9.66. The van der Waals surface area contributed by atoms with Gasteiger partial charge in [0, 0.05) is 0 Å². The molecule has 0 unspecified atom stereocenters. The van der Waals surface area contributed by atoms with Gasteiger partial charge in [-0.3, -0.25) is 0 Å². The Hall–Kier alpha value is -3.92. The van der Waals surface area contributed by atoms with Crippen LogP contribution in [-0.4, -0.2) is 10.2 Å². The number of phenols is 2. The van der Waals surface area contributed by atoms with Crippen LogP contribution in [0, 0.1) is 11.8 Å². The molecule has 0 spiro atoms. The van der Waals surface area contributed by atoms with Crippen LogP contribution in [0.3, 0.4) is 0 Å². The van der Waals surface area contributed by atoms with Gasteiger partial charge in [0.1, 0.15) is 11.5 Å². The van der Waals surface area contributed by atoms with Gasteiger partial charge in [0.25, 0.3) is 0 Å². The minimum absolute atomic E-state index is 0.173. The molecular formula is C37H44N2O2. The quantitative estimate of drug-likeness (QED) is 0.104. The van der Waals surface area contributed by atoms with Gasteiger partial charge in [-0.05, 0) is 94.2 Å². The van der Waals surface area contributed by atoms with E-state index in [1.54, 1.807) is 0 Å². The number of phenolic OH excluding ortho intramolecular Hbond substituents is 2. The first-order valence-corrected chi connectivity index (χ1v) is 15.1. The summed E-state index contributed by atoms with van der Waals surface area (Å²) in [7, 11) is 0. The van der Waals surface area contributed by atoms with Crippen LogP contribution >= 0.6 is 0 Å². The zero-order chi connectivity index (χ0) is 29.3. The molecule has 214 valence electrons. The molecule has 0 atom stereocenters. The lowest BCUT2D eigenvalue weighted by molar-refractivity contribution is 0.465. The first-order chi connectivity index (χ1) is 19.6. The molecule has 1 aliphatic carbocycles. The average molecular weight is 549 g/mol. The first kappa shape index (κ1) is 28.6. The Morgan fingerprint density at radius 3 is 1.39 bits per heavy atom. The monoisotopic (exact) mass is 548 g/mol. The molecule has 4 nitrogen and oxygen atoms in total. The summed E-state index contributed by atoms with van der Waals surface area (Å²) in [5, 5.41) is 22.1. The summed E-state index contributed by atoms with van der Waals surface area (Å²) >= 11 is 0. The van der Waals surface area contributed by atoms with Crippen molar-refractivity contribution in [1.82, 2.24) is 0 Å². The Morgan fingerprint density at radius 2 is 1.00 bits per heavy atom. The number of nitrogens with two attached hydrogens (primary N) is 2. The number of hydrogen-bond acceptors (Lipinski definition) is 4. The van der Waals surface area contributed by atoms with E-state index in [1.165, 1.54) is 11.1 Å². The van der Waals surface area contributed by atoms with Crippen LogP contribution in [0.4, 0.5) is 11.4 Å². The summed E-state index contributed by atoms with van der Waals surface area (Å²) in [6.45, 7) is 8.89. The first-order valence-electron chi connectivity index (χ1n) is 15.1. The molecular weight excluding hydrogens is 504 g/mol. The van der Waals surface area contributed by atoms with Crippen LogP contribution in [-0.2, 0) is 18.3 Å². The number of anilines is 2. The third kappa shape index (κ3) is 5.16. The Balaban J connectivity index is 1.79. The summed E-state index contributed by atoms with van der Waals surface area (Å²) in [5.74, 6) is 1.53.